The Bertz CT molecular complexity index is 518. The third-order valence-corrected chi connectivity index (χ3v) is 5.06. The number of carbonyl (C=O) groups excluding carboxylic acids is 1. The molecule has 1 amide bonds. The van der Waals surface area contributed by atoms with Crippen LogP contribution in [0.5, 0.6) is 0 Å². The highest BCUT2D eigenvalue weighted by atomic mass is 16.5. The molecule has 0 spiro atoms. The second kappa shape index (κ2) is 9.19. The first-order chi connectivity index (χ1) is 11.8. The van der Waals surface area contributed by atoms with Gasteiger partial charge in [0, 0.05) is 25.3 Å². The third kappa shape index (κ3) is 5.32. The molecule has 1 aromatic carbocycles. The number of nitrogens with one attached hydrogen (secondary N) is 1. The van der Waals surface area contributed by atoms with E-state index < -0.39 is 0 Å². The Balaban J connectivity index is 1.52. The molecular formula is C20H30N2O2. The summed E-state index contributed by atoms with van der Waals surface area (Å²) in [4.78, 5) is 14.9. The van der Waals surface area contributed by atoms with Crippen molar-refractivity contribution in [3.63, 3.8) is 0 Å². The molecule has 2 fully saturated rings. The van der Waals surface area contributed by atoms with Gasteiger partial charge in [-0.05, 0) is 62.9 Å². The molecule has 132 valence electrons. The van der Waals surface area contributed by atoms with Gasteiger partial charge in [0.2, 0.25) is 0 Å². The van der Waals surface area contributed by atoms with E-state index in [0.717, 1.165) is 31.6 Å². The van der Waals surface area contributed by atoms with Gasteiger partial charge in [0.25, 0.3) is 5.91 Å². The standard InChI is InChI=1S/C20H30N2O2/c23-20(21-15-19-10-3-6-13-24-19)18-9-7-8-17(14-18)16-22-11-4-1-2-5-12-22/h7-9,14,19H,1-6,10-13,15-16H2,(H,21,23). The summed E-state index contributed by atoms with van der Waals surface area (Å²) in [6.07, 6.45) is 8.86. The van der Waals surface area contributed by atoms with E-state index in [1.807, 2.05) is 18.2 Å². The van der Waals surface area contributed by atoms with E-state index in [2.05, 4.69) is 16.3 Å². The Morgan fingerprint density at radius 1 is 1.12 bits per heavy atom. The molecule has 1 N–H and O–H groups in total. The Labute approximate surface area is 145 Å². The molecule has 2 heterocycles. The number of hydrogen-bond donors (Lipinski definition) is 1. The van der Waals surface area contributed by atoms with Crippen molar-refractivity contribution in [1.82, 2.24) is 10.2 Å². The van der Waals surface area contributed by atoms with Crippen LogP contribution in [0.1, 0.15) is 60.9 Å². The minimum atomic E-state index is 0.0156. The maximum absolute atomic E-state index is 12.4. The van der Waals surface area contributed by atoms with Gasteiger partial charge in [-0.3, -0.25) is 9.69 Å². The number of rotatable bonds is 5. The second-order valence-electron chi connectivity index (χ2n) is 7.09. The molecule has 4 heteroatoms. The highest BCUT2D eigenvalue weighted by molar-refractivity contribution is 5.94. The minimum Gasteiger partial charge on any atom is -0.376 e. The maximum Gasteiger partial charge on any atom is 0.251 e. The molecule has 24 heavy (non-hydrogen) atoms. The van der Waals surface area contributed by atoms with E-state index in [1.165, 1.54) is 50.8 Å². The van der Waals surface area contributed by atoms with Crippen LogP contribution in [0.25, 0.3) is 0 Å². The molecular weight excluding hydrogens is 300 g/mol. The summed E-state index contributed by atoms with van der Waals surface area (Å²) in [6, 6.07) is 8.08. The molecule has 4 nitrogen and oxygen atoms in total. The highest BCUT2D eigenvalue weighted by Crippen LogP contribution is 2.15. The largest absolute Gasteiger partial charge is 0.376 e. The van der Waals surface area contributed by atoms with Crippen molar-refractivity contribution < 1.29 is 9.53 Å². The van der Waals surface area contributed by atoms with Gasteiger partial charge in [-0.1, -0.05) is 25.0 Å². The topological polar surface area (TPSA) is 41.6 Å². The maximum atomic E-state index is 12.4. The molecule has 2 saturated heterocycles. The smallest absolute Gasteiger partial charge is 0.251 e. The van der Waals surface area contributed by atoms with Gasteiger partial charge in [0.05, 0.1) is 6.10 Å². The third-order valence-electron chi connectivity index (χ3n) is 5.06. The summed E-state index contributed by atoms with van der Waals surface area (Å²) >= 11 is 0. The van der Waals surface area contributed by atoms with E-state index in [4.69, 9.17) is 4.74 Å². The SMILES string of the molecule is O=C(NCC1CCCCO1)c1cccc(CN2CCCCCC2)c1. The molecule has 0 aromatic heterocycles. The molecule has 3 rings (SSSR count). The van der Waals surface area contributed by atoms with Crippen LogP contribution in [0.2, 0.25) is 0 Å². The number of amides is 1. The van der Waals surface area contributed by atoms with Gasteiger partial charge in [-0.25, -0.2) is 0 Å². The van der Waals surface area contributed by atoms with E-state index in [0.29, 0.717) is 6.54 Å². The lowest BCUT2D eigenvalue weighted by Crippen LogP contribution is -2.35. The van der Waals surface area contributed by atoms with Gasteiger partial charge in [0.1, 0.15) is 0 Å². The molecule has 2 aliphatic rings. The lowest BCUT2D eigenvalue weighted by molar-refractivity contribution is 0.0169. The Morgan fingerprint density at radius 3 is 2.71 bits per heavy atom. The van der Waals surface area contributed by atoms with Crippen molar-refractivity contribution in [2.45, 2.75) is 57.6 Å². The summed E-state index contributed by atoms with van der Waals surface area (Å²) in [5.41, 5.74) is 2.00. The number of nitrogens with zero attached hydrogens (tertiary/aromatic N) is 1. The molecule has 0 saturated carbocycles. The van der Waals surface area contributed by atoms with Crippen molar-refractivity contribution in [1.29, 1.82) is 0 Å². The fourth-order valence-electron chi connectivity index (χ4n) is 3.64. The lowest BCUT2D eigenvalue weighted by Gasteiger charge is -2.23. The zero-order chi connectivity index (χ0) is 16.6. The van der Waals surface area contributed by atoms with Crippen LogP contribution in [0.4, 0.5) is 0 Å². The van der Waals surface area contributed by atoms with Gasteiger partial charge < -0.3 is 10.1 Å². The van der Waals surface area contributed by atoms with Crippen LogP contribution in [-0.4, -0.2) is 43.2 Å². The molecule has 1 aromatic rings. The molecule has 0 radical (unpaired) electrons. The fourth-order valence-corrected chi connectivity index (χ4v) is 3.64. The zero-order valence-corrected chi connectivity index (χ0v) is 14.6. The lowest BCUT2D eigenvalue weighted by atomic mass is 10.1. The van der Waals surface area contributed by atoms with Crippen molar-refractivity contribution in [2.75, 3.05) is 26.2 Å². The van der Waals surface area contributed by atoms with E-state index in [9.17, 15) is 4.79 Å². The van der Waals surface area contributed by atoms with Crippen LogP contribution in [0.3, 0.4) is 0 Å². The second-order valence-corrected chi connectivity index (χ2v) is 7.09. The van der Waals surface area contributed by atoms with Crippen LogP contribution in [-0.2, 0) is 11.3 Å². The highest BCUT2D eigenvalue weighted by Gasteiger charge is 2.16. The van der Waals surface area contributed by atoms with Gasteiger partial charge >= 0.3 is 0 Å². The summed E-state index contributed by atoms with van der Waals surface area (Å²) in [6.45, 7) is 4.75. The van der Waals surface area contributed by atoms with Crippen molar-refractivity contribution in [3.05, 3.63) is 35.4 Å². The van der Waals surface area contributed by atoms with Gasteiger partial charge in [-0.2, -0.15) is 0 Å². The first-order valence-electron chi connectivity index (χ1n) is 9.52. The number of likely N-dealkylation sites (tertiary alicyclic amines) is 1. The van der Waals surface area contributed by atoms with Crippen LogP contribution < -0.4 is 5.32 Å². The summed E-state index contributed by atoms with van der Waals surface area (Å²) in [7, 11) is 0. The Kier molecular flexibility index (Phi) is 6.67. The average molecular weight is 330 g/mol. The number of carbonyl (C=O) groups is 1. The van der Waals surface area contributed by atoms with Crippen LogP contribution in [0, 0.1) is 0 Å². The van der Waals surface area contributed by atoms with E-state index in [1.54, 1.807) is 0 Å². The summed E-state index contributed by atoms with van der Waals surface area (Å²) in [5, 5.41) is 3.03. The fraction of sp³-hybridized carbons (Fsp3) is 0.650. The average Bonchev–Trinajstić information content (AvgIpc) is 2.89. The number of ether oxygens (including phenoxy) is 1. The predicted octanol–water partition coefficient (Wildman–Crippen LogP) is 3.36. The van der Waals surface area contributed by atoms with Crippen LogP contribution in [0.15, 0.2) is 24.3 Å². The summed E-state index contributed by atoms with van der Waals surface area (Å²) < 4.78 is 5.68. The van der Waals surface area contributed by atoms with E-state index >= 15 is 0 Å². The monoisotopic (exact) mass is 330 g/mol. The Morgan fingerprint density at radius 2 is 1.96 bits per heavy atom. The van der Waals surface area contributed by atoms with Crippen molar-refractivity contribution in [3.8, 4) is 0 Å². The predicted molar refractivity (Wildman–Crippen MR) is 96.1 cm³/mol. The normalized spacial score (nSPS) is 22.8. The number of hydrogen-bond acceptors (Lipinski definition) is 3. The molecule has 1 unspecified atom stereocenters. The van der Waals surface area contributed by atoms with Gasteiger partial charge in [-0.15, -0.1) is 0 Å². The van der Waals surface area contributed by atoms with Gasteiger partial charge in [0.15, 0.2) is 0 Å². The number of benzene rings is 1. The van der Waals surface area contributed by atoms with E-state index in [-0.39, 0.29) is 12.0 Å². The molecule has 2 aliphatic heterocycles. The van der Waals surface area contributed by atoms with Crippen molar-refractivity contribution >= 4 is 5.91 Å². The Hall–Kier alpha value is -1.39. The quantitative estimate of drug-likeness (QED) is 0.900. The molecule has 0 bridgehead atoms. The van der Waals surface area contributed by atoms with Crippen LogP contribution >= 0.6 is 0 Å². The first-order valence-corrected chi connectivity index (χ1v) is 9.52. The first kappa shape index (κ1) is 17.4. The minimum absolute atomic E-state index is 0.0156. The molecule has 0 aliphatic carbocycles. The zero-order valence-electron chi connectivity index (χ0n) is 14.6. The molecule has 1 atom stereocenters. The summed E-state index contributed by atoms with van der Waals surface area (Å²) in [5.74, 6) is 0.0156. The van der Waals surface area contributed by atoms with Crippen molar-refractivity contribution in [2.24, 2.45) is 0 Å².